The number of hydrogen-bond donors (Lipinski definition) is 0. The average molecular weight is 242 g/mol. The van der Waals surface area contributed by atoms with Crippen molar-refractivity contribution in [1.29, 1.82) is 5.26 Å². The zero-order valence-electron chi connectivity index (χ0n) is 9.43. The molecule has 5 heteroatoms. The molecule has 16 heavy (non-hydrogen) atoms. The zero-order chi connectivity index (χ0) is 11.6. The van der Waals surface area contributed by atoms with Crippen LogP contribution in [0.3, 0.4) is 0 Å². The van der Waals surface area contributed by atoms with Gasteiger partial charge in [-0.2, -0.15) is 9.57 Å². The zero-order valence-corrected chi connectivity index (χ0v) is 10.2. The van der Waals surface area contributed by atoms with Gasteiger partial charge in [-0.15, -0.1) is 0 Å². The second kappa shape index (κ2) is 4.72. The molecule has 2 fully saturated rings. The van der Waals surface area contributed by atoms with E-state index in [0.29, 0.717) is 12.5 Å². The number of rotatable bonds is 3. The Morgan fingerprint density at radius 3 is 2.50 bits per heavy atom. The summed E-state index contributed by atoms with van der Waals surface area (Å²) in [7, 11) is -3.32. The van der Waals surface area contributed by atoms with E-state index in [1.165, 1.54) is 12.8 Å². The molecule has 0 bridgehead atoms. The largest absolute Gasteiger partial charge is 0.227 e. The van der Waals surface area contributed by atoms with Gasteiger partial charge in [0, 0.05) is 12.6 Å². The van der Waals surface area contributed by atoms with Gasteiger partial charge in [0.1, 0.15) is 0 Å². The highest BCUT2D eigenvalue weighted by molar-refractivity contribution is 7.89. The Morgan fingerprint density at radius 2 is 1.88 bits per heavy atom. The summed E-state index contributed by atoms with van der Waals surface area (Å²) >= 11 is 0. The maximum atomic E-state index is 11.9. The van der Waals surface area contributed by atoms with Gasteiger partial charge in [-0.3, -0.25) is 0 Å². The first kappa shape index (κ1) is 11.9. The van der Waals surface area contributed by atoms with Crippen LogP contribution in [0.1, 0.15) is 38.5 Å². The van der Waals surface area contributed by atoms with Gasteiger partial charge >= 0.3 is 0 Å². The van der Waals surface area contributed by atoms with Crippen LogP contribution in [0.2, 0.25) is 0 Å². The third-order valence-electron chi connectivity index (χ3n) is 3.80. The fourth-order valence-electron chi connectivity index (χ4n) is 3.09. The molecule has 0 aromatic heterocycles. The van der Waals surface area contributed by atoms with E-state index in [9.17, 15) is 8.42 Å². The summed E-state index contributed by atoms with van der Waals surface area (Å²) < 4.78 is 25.4. The summed E-state index contributed by atoms with van der Waals surface area (Å²) in [6.07, 6.45) is 6.70. The minimum Gasteiger partial charge on any atom is -0.211 e. The lowest BCUT2D eigenvalue weighted by atomic mass is 9.97. The predicted molar refractivity (Wildman–Crippen MR) is 61.1 cm³/mol. The lowest BCUT2D eigenvalue weighted by Crippen LogP contribution is -2.40. The summed E-state index contributed by atoms with van der Waals surface area (Å²) in [5.41, 5.74) is 0. The first-order chi connectivity index (χ1) is 7.65. The van der Waals surface area contributed by atoms with Gasteiger partial charge in [-0.25, -0.2) is 8.42 Å². The van der Waals surface area contributed by atoms with Crippen molar-refractivity contribution in [3.63, 3.8) is 0 Å². The molecule has 0 spiro atoms. The standard InChI is InChI=1S/C11H18N2O2S/c12-7-9-16(14,15)13-8-3-6-11(13)10-4-1-2-5-10/h10-11H,1-6,8-9H2. The van der Waals surface area contributed by atoms with Crippen LogP contribution in [0.15, 0.2) is 0 Å². The molecule has 0 aromatic rings. The van der Waals surface area contributed by atoms with Crippen LogP contribution in [-0.4, -0.2) is 31.1 Å². The first-order valence-corrected chi connectivity index (χ1v) is 7.62. The van der Waals surface area contributed by atoms with Gasteiger partial charge in [-0.1, -0.05) is 12.8 Å². The first-order valence-electron chi connectivity index (χ1n) is 6.01. The molecule has 1 aliphatic carbocycles. The minimum absolute atomic E-state index is 0.181. The molecule has 1 heterocycles. The van der Waals surface area contributed by atoms with Gasteiger partial charge in [-0.05, 0) is 31.6 Å². The van der Waals surface area contributed by atoms with E-state index in [4.69, 9.17) is 5.26 Å². The van der Waals surface area contributed by atoms with E-state index < -0.39 is 10.0 Å². The van der Waals surface area contributed by atoms with Crippen molar-refractivity contribution in [2.45, 2.75) is 44.6 Å². The predicted octanol–water partition coefficient (Wildman–Crippen LogP) is 1.49. The molecule has 2 aliphatic rings. The third kappa shape index (κ3) is 2.23. The summed E-state index contributed by atoms with van der Waals surface area (Å²) in [6, 6.07) is 1.95. The Morgan fingerprint density at radius 1 is 1.19 bits per heavy atom. The Hall–Kier alpha value is -0.600. The molecule has 0 radical (unpaired) electrons. The highest BCUT2D eigenvalue weighted by atomic mass is 32.2. The summed E-state index contributed by atoms with van der Waals surface area (Å²) in [5, 5.41) is 8.56. The second-order valence-electron chi connectivity index (χ2n) is 4.78. The van der Waals surface area contributed by atoms with E-state index in [1.807, 2.05) is 0 Å². The molecule has 1 unspecified atom stereocenters. The third-order valence-corrected chi connectivity index (χ3v) is 5.46. The van der Waals surface area contributed by atoms with Crippen molar-refractivity contribution < 1.29 is 8.42 Å². The fraction of sp³-hybridized carbons (Fsp3) is 0.909. The molecule has 1 saturated heterocycles. The lowest BCUT2D eigenvalue weighted by molar-refractivity contribution is 0.289. The molecule has 4 nitrogen and oxygen atoms in total. The van der Waals surface area contributed by atoms with Crippen molar-refractivity contribution in [2.75, 3.05) is 12.3 Å². The normalized spacial score (nSPS) is 28.3. The Kier molecular flexibility index (Phi) is 3.50. The Balaban J connectivity index is 2.11. The van der Waals surface area contributed by atoms with Gasteiger partial charge in [0.05, 0.1) is 6.07 Å². The SMILES string of the molecule is N#CCS(=O)(=O)N1CCCC1C1CCCC1. The van der Waals surface area contributed by atoms with Gasteiger partial charge in [0.2, 0.25) is 10.0 Å². The maximum Gasteiger partial charge on any atom is 0.227 e. The summed E-state index contributed by atoms with van der Waals surface area (Å²) in [5.74, 6) is 0.173. The quantitative estimate of drug-likeness (QED) is 0.753. The van der Waals surface area contributed by atoms with Crippen LogP contribution in [-0.2, 0) is 10.0 Å². The average Bonchev–Trinajstić information content (AvgIpc) is 2.88. The molecular weight excluding hydrogens is 224 g/mol. The van der Waals surface area contributed by atoms with Crippen LogP contribution in [0.25, 0.3) is 0 Å². The van der Waals surface area contributed by atoms with E-state index >= 15 is 0 Å². The van der Waals surface area contributed by atoms with Crippen molar-refractivity contribution in [3.05, 3.63) is 0 Å². The highest BCUT2D eigenvalue weighted by Crippen LogP contribution is 2.36. The Labute approximate surface area is 97.3 Å². The second-order valence-corrected chi connectivity index (χ2v) is 6.70. The van der Waals surface area contributed by atoms with Crippen LogP contribution in [0.4, 0.5) is 0 Å². The number of sulfonamides is 1. The van der Waals surface area contributed by atoms with Gasteiger partial charge in [0.25, 0.3) is 0 Å². The van der Waals surface area contributed by atoms with E-state index in [2.05, 4.69) is 0 Å². The molecule has 1 atom stereocenters. The molecule has 0 amide bonds. The van der Waals surface area contributed by atoms with Crippen molar-refractivity contribution in [1.82, 2.24) is 4.31 Å². The Bertz CT molecular complexity index is 379. The van der Waals surface area contributed by atoms with Crippen LogP contribution >= 0.6 is 0 Å². The molecule has 90 valence electrons. The van der Waals surface area contributed by atoms with Crippen LogP contribution in [0.5, 0.6) is 0 Å². The molecule has 2 rings (SSSR count). The van der Waals surface area contributed by atoms with Gasteiger partial charge in [0.15, 0.2) is 5.75 Å². The molecule has 0 aromatic carbocycles. The van der Waals surface area contributed by atoms with Crippen molar-refractivity contribution >= 4 is 10.0 Å². The van der Waals surface area contributed by atoms with Crippen LogP contribution in [0, 0.1) is 17.2 Å². The maximum absolute atomic E-state index is 11.9. The molecule has 1 saturated carbocycles. The monoisotopic (exact) mass is 242 g/mol. The number of nitriles is 1. The van der Waals surface area contributed by atoms with E-state index in [0.717, 1.165) is 25.7 Å². The fourth-order valence-corrected chi connectivity index (χ4v) is 4.52. The molecular formula is C11H18N2O2S. The lowest BCUT2D eigenvalue weighted by Gasteiger charge is -2.27. The molecule has 0 N–H and O–H groups in total. The summed E-state index contributed by atoms with van der Waals surface area (Å²) in [4.78, 5) is 0. The van der Waals surface area contributed by atoms with Crippen LogP contribution < -0.4 is 0 Å². The smallest absolute Gasteiger partial charge is 0.211 e. The number of hydrogen-bond acceptors (Lipinski definition) is 3. The van der Waals surface area contributed by atoms with Crippen molar-refractivity contribution in [3.8, 4) is 6.07 Å². The minimum atomic E-state index is -3.32. The van der Waals surface area contributed by atoms with Gasteiger partial charge < -0.3 is 0 Å². The topological polar surface area (TPSA) is 61.2 Å². The highest BCUT2D eigenvalue weighted by Gasteiger charge is 2.39. The van der Waals surface area contributed by atoms with Crippen molar-refractivity contribution in [2.24, 2.45) is 5.92 Å². The number of nitrogens with zero attached hydrogens (tertiary/aromatic N) is 2. The van der Waals surface area contributed by atoms with E-state index in [-0.39, 0.29) is 11.8 Å². The van der Waals surface area contributed by atoms with E-state index in [1.54, 1.807) is 10.4 Å². The summed E-state index contributed by atoms with van der Waals surface area (Å²) in [6.45, 7) is 0.616. The molecule has 1 aliphatic heterocycles.